The van der Waals surface area contributed by atoms with Crippen LogP contribution in [0.2, 0.25) is 0 Å². The molecule has 1 heterocycles. The van der Waals surface area contributed by atoms with Gasteiger partial charge in [0.25, 0.3) is 0 Å². The first-order valence-electron chi connectivity index (χ1n) is 8.09. The van der Waals surface area contributed by atoms with Crippen molar-refractivity contribution in [3.63, 3.8) is 0 Å². The number of nitrogens with zero attached hydrogens (tertiary/aromatic N) is 2. The molecule has 1 aromatic heterocycles. The van der Waals surface area contributed by atoms with Crippen molar-refractivity contribution in [2.45, 2.75) is 26.2 Å². The van der Waals surface area contributed by atoms with Gasteiger partial charge in [-0.2, -0.15) is 13.2 Å². The van der Waals surface area contributed by atoms with E-state index in [-0.39, 0.29) is 24.0 Å². The average molecular weight is 494 g/mol. The van der Waals surface area contributed by atoms with Crippen LogP contribution in [0, 0.1) is 0 Å². The molecule has 0 spiro atoms. The number of halogens is 4. The summed E-state index contributed by atoms with van der Waals surface area (Å²) >= 11 is 0. The zero-order valence-corrected chi connectivity index (χ0v) is 17.3. The van der Waals surface area contributed by atoms with Gasteiger partial charge in [0, 0.05) is 25.4 Å². The Morgan fingerprint density at radius 1 is 1.07 bits per heavy atom. The maximum Gasteiger partial charge on any atom is 0.416 e. The summed E-state index contributed by atoms with van der Waals surface area (Å²) in [6.45, 7) is 3.38. The van der Waals surface area contributed by atoms with Gasteiger partial charge in [0.2, 0.25) is 5.88 Å². The fraction of sp³-hybridized carbons (Fsp3) is 0.333. The largest absolute Gasteiger partial charge is 0.481 e. The fourth-order valence-electron chi connectivity index (χ4n) is 2.13. The van der Waals surface area contributed by atoms with Gasteiger partial charge >= 0.3 is 6.18 Å². The molecule has 0 fully saturated rings. The minimum Gasteiger partial charge on any atom is -0.481 e. The molecule has 0 unspecified atom stereocenters. The van der Waals surface area contributed by atoms with Crippen LogP contribution in [0.1, 0.15) is 23.6 Å². The van der Waals surface area contributed by atoms with Crippen LogP contribution in [0.3, 0.4) is 0 Å². The van der Waals surface area contributed by atoms with E-state index in [1.165, 1.54) is 12.1 Å². The number of benzene rings is 1. The third kappa shape index (κ3) is 7.61. The van der Waals surface area contributed by atoms with Crippen molar-refractivity contribution in [1.82, 2.24) is 15.6 Å². The molecule has 0 aliphatic rings. The molecule has 0 saturated carbocycles. The van der Waals surface area contributed by atoms with Gasteiger partial charge < -0.3 is 15.4 Å². The van der Waals surface area contributed by atoms with Crippen molar-refractivity contribution in [1.29, 1.82) is 0 Å². The number of pyridine rings is 1. The number of aliphatic imine (C=N–C) groups is 1. The first-order chi connectivity index (χ1) is 12.4. The Morgan fingerprint density at radius 2 is 1.74 bits per heavy atom. The summed E-state index contributed by atoms with van der Waals surface area (Å²) in [7, 11) is 1.55. The zero-order valence-electron chi connectivity index (χ0n) is 15.0. The lowest BCUT2D eigenvalue weighted by Crippen LogP contribution is -2.36. The molecule has 2 N–H and O–H groups in total. The molecule has 0 atom stereocenters. The highest BCUT2D eigenvalue weighted by molar-refractivity contribution is 14.0. The standard InChI is InChI=1S/C18H21F3N4O.HI/c1-3-22-17(25-12-14-6-9-16(26-2)23-11-14)24-10-13-4-7-15(8-5-13)18(19,20)21;/h4-9,11H,3,10,12H2,1-2H3,(H2,22,24,25);1H. The lowest BCUT2D eigenvalue weighted by atomic mass is 10.1. The molecular formula is C18H22F3IN4O. The Hall–Kier alpha value is -2.04. The molecule has 27 heavy (non-hydrogen) atoms. The normalized spacial score (nSPS) is 11.5. The molecule has 9 heteroatoms. The van der Waals surface area contributed by atoms with Crippen molar-refractivity contribution in [3.8, 4) is 5.88 Å². The van der Waals surface area contributed by atoms with Gasteiger partial charge in [-0.05, 0) is 30.2 Å². The van der Waals surface area contributed by atoms with Gasteiger partial charge in [0.1, 0.15) is 0 Å². The van der Waals surface area contributed by atoms with Crippen LogP contribution < -0.4 is 15.4 Å². The smallest absolute Gasteiger partial charge is 0.416 e. The van der Waals surface area contributed by atoms with Crippen molar-refractivity contribution >= 4 is 29.9 Å². The average Bonchev–Trinajstić information content (AvgIpc) is 2.64. The highest BCUT2D eigenvalue weighted by atomic mass is 127. The van der Waals surface area contributed by atoms with E-state index in [0.717, 1.165) is 23.3 Å². The second kappa shape index (κ2) is 11.0. The van der Waals surface area contributed by atoms with Gasteiger partial charge in [-0.15, -0.1) is 24.0 Å². The van der Waals surface area contributed by atoms with Crippen molar-refractivity contribution in [2.75, 3.05) is 13.7 Å². The summed E-state index contributed by atoms with van der Waals surface area (Å²) in [6, 6.07) is 8.68. The molecule has 0 saturated heterocycles. The van der Waals surface area contributed by atoms with Gasteiger partial charge in [-0.25, -0.2) is 9.98 Å². The highest BCUT2D eigenvalue weighted by Crippen LogP contribution is 2.29. The third-order valence-corrected chi connectivity index (χ3v) is 3.51. The fourth-order valence-corrected chi connectivity index (χ4v) is 2.13. The lowest BCUT2D eigenvalue weighted by molar-refractivity contribution is -0.137. The maximum atomic E-state index is 12.6. The Bertz CT molecular complexity index is 719. The number of hydrogen-bond acceptors (Lipinski definition) is 3. The number of nitrogens with one attached hydrogen (secondary N) is 2. The Balaban J connectivity index is 0.00000364. The molecule has 2 aromatic rings. The predicted octanol–water partition coefficient (Wildman–Crippen LogP) is 3.98. The van der Waals surface area contributed by atoms with Gasteiger partial charge in [-0.3, -0.25) is 0 Å². The summed E-state index contributed by atoms with van der Waals surface area (Å²) in [4.78, 5) is 8.56. The molecule has 0 aliphatic carbocycles. The Kier molecular flexibility index (Phi) is 9.33. The number of guanidine groups is 1. The second-order valence-electron chi connectivity index (χ2n) is 5.45. The molecule has 1 aromatic carbocycles. The molecule has 0 aliphatic heterocycles. The van der Waals surface area contributed by atoms with Crippen LogP contribution in [0.25, 0.3) is 0 Å². The van der Waals surface area contributed by atoms with Gasteiger partial charge in [0.05, 0.1) is 19.2 Å². The molecule has 0 amide bonds. The van der Waals surface area contributed by atoms with E-state index in [4.69, 9.17) is 4.74 Å². The molecule has 2 rings (SSSR count). The zero-order chi connectivity index (χ0) is 19.0. The van der Waals surface area contributed by atoms with Crippen LogP contribution in [0.4, 0.5) is 13.2 Å². The van der Waals surface area contributed by atoms with Crippen molar-refractivity contribution < 1.29 is 17.9 Å². The second-order valence-corrected chi connectivity index (χ2v) is 5.45. The van der Waals surface area contributed by atoms with E-state index in [2.05, 4.69) is 20.6 Å². The van der Waals surface area contributed by atoms with E-state index in [1.807, 2.05) is 13.0 Å². The van der Waals surface area contributed by atoms with Crippen LogP contribution in [0.5, 0.6) is 5.88 Å². The van der Waals surface area contributed by atoms with Gasteiger partial charge in [-0.1, -0.05) is 18.2 Å². The van der Waals surface area contributed by atoms with E-state index in [1.54, 1.807) is 19.4 Å². The minimum absolute atomic E-state index is 0. The minimum atomic E-state index is -4.32. The summed E-state index contributed by atoms with van der Waals surface area (Å²) in [5.41, 5.74) is 0.987. The third-order valence-electron chi connectivity index (χ3n) is 3.51. The van der Waals surface area contributed by atoms with E-state index in [0.29, 0.717) is 31.5 Å². The number of rotatable bonds is 6. The first kappa shape index (κ1) is 23.0. The van der Waals surface area contributed by atoms with Crippen LogP contribution in [0.15, 0.2) is 47.6 Å². The molecule has 0 bridgehead atoms. The number of methoxy groups -OCH3 is 1. The highest BCUT2D eigenvalue weighted by Gasteiger charge is 2.29. The Labute approximate surface area is 173 Å². The van der Waals surface area contributed by atoms with E-state index in [9.17, 15) is 13.2 Å². The number of hydrogen-bond donors (Lipinski definition) is 2. The van der Waals surface area contributed by atoms with Gasteiger partial charge in [0.15, 0.2) is 5.96 Å². The molecule has 5 nitrogen and oxygen atoms in total. The van der Waals surface area contributed by atoms with Crippen LogP contribution in [-0.4, -0.2) is 24.6 Å². The van der Waals surface area contributed by atoms with Crippen LogP contribution >= 0.6 is 24.0 Å². The SMILES string of the molecule is CCNC(=NCc1ccc(OC)nc1)NCc1ccc(C(F)(F)F)cc1.I. The van der Waals surface area contributed by atoms with E-state index >= 15 is 0 Å². The summed E-state index contributed by atoms with van der Waals surface area (Å²) < 4.78 is 42.8. The van der Waals surface area contributed by atoms with Crippen LogP contribution in [-0.2, 0) is 19.3 Å². The quantitative estimate of drug-likeness (QED) is 0.363. The first-order valence-corrected chi connectivity index (χ1v) is 8.09. The maximum absolute atomic E-state index is 12.6. The molecule has 148 valence electrons. The monoisotopic (exact) mass is 494 g/mol. The number of ether oxygens (including phenoxy) is 1. The number of aromatic nitrogens is 1. The Morgan fingerprint density at radius 3 is 2.26 bits per heavy atom. The topological polar surface area (TPSA) is 58.5 Å². The van der Waals surface area contributed by atoms with Crippen molar-refractivity contribution in [2.24, 2.45) is 4.99 Å². The lowest BCUT2D eigenvalue weighted by Gasteiger charge is -2.12. The number of alkyl halides is 3. The van der Waals surface area contributed by atoms with E-state index < -0.39 is 11.7 Å². The van der Waals surface area contributed by atoms with Crippen molar-refractivity contribution in [3.05, 3.63) is 59.3 Å². The molecule has 0 radical (unpaired) electrons. The summed E-state index contributed by atoms with van der Waals surface area (Å²) in [5.74, 6) is 1.10. The molecular weight excluding hydrogens is 472 g/mol. The summed E-state index contributed by atoms with van der Waals surface area (Å²) in [6.07, 6.45) is -2.64. The summed E-state index contributed by atoms with van der Waals surface area (Å²) in [5, 5.41) is 6.20. The predicted molar refractivity (Wildman–Crippen MR) is 109 cm³/mol.